The SMILES string of the molecule is CCOc1cc([C@@H](CS(C)(=O)=O)N2C(=O)c3cc(CCCCCCCCCCCCC(=O)N[C@H](C(=O)N4CC(O)CC4C(=O)NCc4ccc(-c5scnc5C)cc4)C(C)(C)C)cc(NC(C)=O)c3C2=O)ccc1OC. The van der Waals surface area contributed by atoms with Crippen LogP contribution in [0.25, 0.3) is 10.4 Å². The van der Waals surface area contributed by atoms with E-state index in [4.69, 9.17) is 9.47 Å². The van der Waals surface area contributed by atoms with Crippen LogP contribution in [0.1, 0.15) is 161 Å². The standard InChI is InChI=1S/C57H76N6O11S2/c1-9-74-48-30-41(26-27-47(48)73-7)46(34-76(8,71)72)63-54(68)43-28-39(29-44(60-37(3)64)50(43)55(63)69)20-18-16-14-12-10-11-13-15-17-19-21-49(66)61-52(57(4,5)6)56(70)62-33-42(65)31-45(62)53(67)58-32-38-22-24-40(25-23-38)51-36(2)59-35-75-51/h22-30,35,42,45-46,52,65H,9-21,31-34H2,1-8H3,(H,58,67)(H,60,64)(H,61,66)/t42?,45?,46-,52-/m1/s1. The van der Waals surface area contributed by atoms with E-state index >= 15 is 0 Å². The maximum Gasteiger partial charge on any atom is 0.264 e. The Morgan fingerprint density at radius 2 is 1.54 bits per heavy atom. The van der Waals surface area contributed by atoms with Crippen LogP contribution in [-0.4, -0.2) is 114 Å². The Labute approximate surface area is 451 Å². The Morgan fingerprint density at radius 1 is 0.882 bits per heavy atom. The number of likely N-dealkylation sites (tertiary alicyclic amines) is 1. The normalized spacial score (nSPS) is 16.3. The highest BCUT2D eigenvalue weighted by Gasteiger charge is 2.46. The Balaban J connectivity index is 0.911. The van der Waals surface area contributed by atoms with Gasteiger partial charge in [0.2, 0.25) is 23.6 Å². The highest BCUT2D eigenvalue weighted by molar-refractivity contribution is 7.90. The third-order valence-electron chi connectivity index (χ3n) is 13.9. The smallest absolute Gasteiger partial charge is 0.264 e. The molecule has 17 nitrogen and oxygen atoms in total. The van der Waals surface area contributed by atoms with Gasteiger partial charge in [-0.05, 0) is 85.0 Å². The molecule has 0 aliphatic carbocycles. The van der Waals surface area contributed by atoms with Gasteiger partial charge in [-0.2, -0.15) is 0 Å². The third kappa shape index (κ3) is 15.7. The number of sulfone groups is 1. The maximum atomic E-state index is 14.2. The lowest BCUT2D eigenvalue weighted by atomic mass is 9.85. The van der Waals surface area contributed by atoms with Crippen LogP contribution in [0.2, 0.25) is 0 Å². The van der Waals surface area contributed by atoms with E-state index in [1.54, 1.807) is 48.6 Å². The molecule has 19 heteroatoms. The molecule has 0 bridgehead atoms. The number of methoxy groups -OCH3 is 1. The fourth-order valence-corrected chi connectivity index (χ4v) is 11.7. The topological polar surface area (TPSA) is 231 Å². The van der Waals surface area contributed by atoms with E-state index in [2.05, 4.69) is 20.9 Å². The second kappa shape index (κ2) is 26.7. The minimum absolute atomic E-state index is 0.00975. The van der Waals surface area contributed by atoms with Crippen LogP contribution in [0.3, 0.4) is 0 Å². The van der Waals surface area contributed by atoms with Crippen molar-refractivity contribution >= 4 is 62.3 Å². The van der Waals surface area contributed by atoms with E-state index < -0.39 is 63.0 Å². The summed E-state index contributed by atoms with van der Waals surface area (Å²) in [6.45, 7) is 11.3. The zero-order valence-electron chi connectivity index (χ0n) is 45.3. The number of aliphatic hydroxyl groups excluding tert-OH is 1. The molecule has 3 heterocycles. The second-order valence-electron chi connectivity index (χ2n) is 21.2. The number of nitrogens with one attached hydrogen (secondary N) is 3. The van der Waals surface area contributed by atoms with E-state index in [0.717, 1.165) is 96.2 Å². The molecule has 4 atom stereocenters. The number of nitrogens with zero attached hydrogens (tertiary/aromatic N) is 3. The largest absolute Gasteiger partial charge is 0.493 e. The molecule has 0 radical (unpaired) electrons. The number of carbonyl (C=O) groups is 6. The van der Waals surface area contributed by atoms with Gasteiger partial charge < -0.3 is 35.4 Å². The summed E-state index contributed by atoms with van der Waals surface area (Å²) in [6.07, 6.45) is 10.7. The zero-order valence-corrected chi connectivity index (χ0v) is 46.9. The lowest BCUT2D eigenvalue weighted by Crippen LogP contribution is -2.57. The van der Waals surface area contributed by atoms with Crippen LogP contribution in [0.5, 0.6) is 11.5 Å². The van der Waals surface area contributed by atoms with Gasteiger partial charge in [-0.15, -0.1) is 11.3 Å². The van der Waals surface area contributed by atoms with E-state index in [1.807, 2.05) is 57.5 Å². The zero-order chi connectivity index (χ0) is 55.3. The van der Waals surface area contributed by atoms with E-state index in [-0.39, 0.29) is 60.5 Å². The molecule has 6 rings (SSSR count). The van der Waals surface area contributed by atoms with Crippen molar-refractivity contribution in [3.8, 4) is 21.9 Å². The number of aromatic nitrogens is 1. The minimum atomic E-state index is -3.70. The van der Waals surface area contributed by atoms with Crippen LogP contribution >= 0.6 is 11.3 Å². The van der Waals surface area contributed by atoms with Crippen molar-refractivity contribution in [2.24, 2.45) is 5.41 Å². The van der Waals surface area contributed by atoms with Gasteiger partial charge in [0.1, 0.15) is 21.9 Å². The van der Waals surface area contributed by atoms with Crippen molar-refractivity contribution in [1.29, 1.82) is 0 Å². The van der Waals surface area contributed by atoms with Crippen LogP contribution in [0, 0.1) is 12.3 Å². The number of rotatable bonds is 27. The number of ether oxygens (including phenoxy) is 2. The molecule has 4 N–H and O–H groups in total. The summed E-state index contributed by atoms with van der Waals surface area (Å²) >= 11 is 1.57. The number of anilines is 1. The maximum absolute atomic E-state index is 14.2. The fraction of sp³-hybridized carbons (Fsp3) is 0.526. The second-order valence-corrected chi connectivity index (χ2v) is 24.2. The Bertz CT molecular complexity index is 2830. The summed E-state index contributed by atoms with van der Waals surface area (Å²) in [5.74, 6) is -2.48. The average molecular weight is 1090 g/mol. The van der Waals surface area contributed by atoms with Crippen LogP contribution in [-0.2, 0) is 42.0 Å². The first-order valence-electron chi connectivity index (χ1n) is 26.5. The molecule has 3 aromatic carbocycles. The molecular weight excluding hydrogens is 1010 g/mol. The van der Waals surface area contributed by atoms with E-state index in [0.29, 0.717) is 36.5 Å². The summed E-state index contributed by atoms with van der Waals surface area (Å²) in [5, 5.41) is 19.3. The van der Waals surface area contributed by atoms with Gasteiger partial charge in [0.15, 0.2) is 11.5 Å². The fourth-order valence-electron chi connectivity index (χ4n) is 9.98. The first kappa shape index (κ1) is 59.1. The highest BCUT2D eigenvalue weighted by Crippen LogP contribution is 2.40. The molecule has 1 saturated heterocycles. The lowest BCUT2D eigenvalue weighted by Gasteiger charge is -2.35. The number of hydrogen-bond acceptors (Lipinski definition) is 13. The van der Waals surface area contributed by atoms with E-state index in [9.17, 15) is 42.3 Å². The van der Waals surface area contributed by atoms with Gasteiger partial charge in [-0.3, -0.25) is 33.7 Å². The summed E-state index contributed by atoms with van der Waals surface area (Å²) in [6, 6.07) is 13.2. The van der Waals surface area contributed by atoms with Gasteiger partial charge in [0, 0.05) is 39.1 Å². The van der Waals surface area contributed by atoms with Gasteiger partial charge >= 0.3 is 0 Å². The van der Waals surface area contributed by atoms with Gasteiger partial charge in [0.25, 0.3) is 11.8 Å². The number of imide groups is 1. The number of hydrogen-bond donors (Lipinski definition) is 4. The molecular formula is C57H76N6O11S2. The van der Waals surface area contributed by atoms with Gasteiger partial charge in [-0.25, -0.2) is 13.4 Å². The molecule has 0 spiro atoms. The Hall–Kier alpha value is -6.18. The molecule has 1 fully saturated rings. The van der Waals surface area contributed by atoms with Crippen molar-refractivity contribution in [3.05, 3.63) is 93.6 Å². The third-order valence-corrected chi connectivity index (χ3v) is 15.8. The first-order valence-corrected chi connectivity index (χ1v) is 29.4. The number of fused-ring (bicyclic) bond motifs is 1. The summed E-state index contributed by atoms with van der Waals surface area (Å²) < 4.78 is 36.6. The van der Waals surface area contributed by atoms with Crippen LogP contribution < -0.4 is 25.4 Å². The van der Waals surface area contributed by atoms with Crippen molar-refractivity contribution in [2.45, 2.75) is 156 Å². The number of benzene rings is 3. The number of aryl methyl sites for hydroxylation is 2. The van der Waals surface area contributed by atoms with Gasteiger partial charge in [0.05, 0.1) is 64.5 Å². The van der Waals surface area contributed by atoms with Crippen molar-refractivity contribution in [2.75, 3.05) is 37.6 Å². The van der Waals surface area contributed by atoms with Crippen LogP contribution in [0.4, 0.5) is 5.69 Å². The lowest BCUT2D eigenvalue weighted by molar-refractivity contribution is -0.144. The monoisotopic (exact) mass is 1080 g/mol. The van der Waals surface area contributed by atoms with Crippen molar-refractivity contribution in [3.63, 3.8) is 0 Å². The predicted molar refractivity (Wildman–Crippen MR) is 294 cm³/mol. The highest BCUT2D eigenvalue weighted by atomic mass is 32.2. The molecule has 0 saturated carbocycles. The average Bonchev–Trinajstić information content (AvgIpc) is 4.05. The number of aliphatic hydroxyl groups is 1. The molecule has 412 valence electrons. The van der Waals surface area contributed by atoms with Gasteiger partial charge in [-0.1, -0.05) is 102 Å². The Morgan fingerprint density at radius 3 is 2.13 bits per heavy atom. The number of amides is 6. The molecule has 1 aromatic heterocycles. The molecule has 4 aromatic rings. The van der Waals surface area contributed by atoms with E-state index in [1.165, 1.54) is 18.9 Å². The first-order chi connectivity index (χ1) is 36.1. The summed E-state index contributed by atoms with van der Waals surface area (Å²) in [5.41, 5.74) is 5.58. The number of β-amino-alcohol motifs (C(OH)–C–C–N with tert-alkyl or cyclic N) is 1. The predicted octanol–water partition coefficient (Wildman–Crippen LogP) is 8.51. The molecule has 76 heavy (non-hydrogen) atoms. The summed E-state index contributed by atoms with van der Waals surface area (Å²) in [7, 11) is -2.23. The Kier molecular flexibility index (Phi) is 20.8. The summed E-state index contributed by atoms with van der Waals surface area (Å²) in [4.78, 5) is 89.2. The minimum Gasteiger partial charge on any atom is -0.493 e. The van der Waals surface area contributed by atoms with Crippen molar-refractivity contribution < 1.29 is 51.8 Å². The molecule has 6 amide bonds. The molecule has 2 aliphatic rings. The molecule has 2 aliphatic heterocycles. The van der Waals surface area contributed by atoms with Crippen molar-refractivity contribution in [1.82, 2.24) is 25.4 Å². The van der Waals surface area contributed by atoms with Crippen LogP contribution in [0.15, 0.2) is 60.1 Å². The molecule has 2 unspecified atom stereocenters. The number of carbonyl (C=O) groups excluding carboxylic acids is 6. The number of unbranched alkanes of at least 4 members (excludes halogenated alkanes) is 9. The quantitative estimate of drug-likeness (QED) is 0.0325. The number of thiazole rings is 1.